The normalized spacial score (nSPS) is 49.1. The molecule has 4 aliphatic carbocycles. The number of allylic oxidation sites excluding steroid dienone is 1. The molecule has 594 valence electrons. The van der Waals surface area contributed by atoms with E-state index in [0.29, 0.717) is 18.4 Å². The van der Waals surface area contributed by atoms with Crippen LogP contribution in [0.3, 0.4) is 0 Å². The van der Waals surface area contributed by atoms with Crippen LogP contribution in [0, 0.1) is 16.7 Å². The highest BCUT2D eigenvalue weighted by atomic mass is 16.8. The molecule has 9 fully saturated rings. The molecule has 10 aliphatic rings. The number of carbonyl (C=O) groups is 2. The number of methoxy groups -OCH3 is 4. The quantitative estimate of drug-likeness (QED) is 0.0426. The fraction of sp³-hybridized carbons (Fsp3) is 0.813. The van der Waals surface area contributed by atoms with Gasteiger partial charge in [-0.25, -0.2) is 9.59 Å². The minimum atomic E-state index is -2.18. The van der Waals surface area contributed by atoms with Crippen LogP contribution in [0.15, 0.2) is 60.2 Å². The summed E-state index contributed by atoms with van der Waals surface area (Å²) < 4.78 is 112. The van der Waals surface area contributed by atoms with E-state index in [4.69, 9.17) is 85.3 Å². The molecule has 30 heteroatoms. The number of fused-ring (bicyclic) bond motifs is 5. The molecule has 6 aliphatic heterocycles. The van der Waals surface area contributed by atoms with Crippen molar-refractivity contribution in [2.75, 3.05) is 35.0 Å². The third-order valence-electron chi connectivity index (χ3n) is 25.1. The van der Waals surface area contributed by atoms with Crippen LogP contribution < -0.4 is 0 Å². The Labute approximate surface area is 613 Å². The first-order chi connectivity index (χ1) is 49.7. The number of hydrogen-bond acceptors (Lipinski definition) is 30. The molecule has 6 heterocycles. The molecule has 0 spiro atoms. The summed E-state index contributed by atoms with van der Waals surface area (Å²) in [5.41, 5.74) is -9.83. The number of rotatable bonds is 23. The van der Waals surface area contributed by atoms with Gasteiger partial charge in [0, 0.05) is 83.5 Å². The second kappa shape index (κ2) is 33.0. The van der Waals surface area contributed by atoms with Gasteiger partial charge in [-0.05, 0) is 99.1 Å². The molecule has 11 rings (SSSR count). The van der Waals surface area contributed by atoms with Crippen LogP contribution >= 0.6 is 0 Å². The van der Waals surface area contributed by atoms with Gasteiger partial charge in [0.1, 0.15) is 96.2 Å². The van der Waals surface area contributed by atoms with Crippen LogP contribution in [-0.4, -0.2) is 299 Å². The maximum atomic E-state index is 14.0. The van der Waals surface area contributed by atoms with Crippen molar-refractivity contribution in [2.45, 2.75) is 334 Å². The Bertz CT molecular complexity index is 3150. The lowest BCUT2D eigenvalue weighted by Gasteiger charge is -2.68. The second-order valence-corrected chi connectivity index (χ2v) is 31.0. The fourth-order valence-corrected chi connectivity index (χ4v) is 18.6. The monoisotopic (exact) mass is 1490 g/mol. The standard InChI is InChI=1S/C75H114O30/c1-15-36(2)67(83)97-42(8)73(85)27-28-75(87)71(73,10)51(100-52(78)22-21-43-19-17-16-18-20-43)33-50-70(9)24-23-44(34-72(70,84)25-26-74(50,75)86)98-54-30-46(88-11)63(38(4)93-54)102-56-32-48(90-13)64(40(6)95-56)103-55-31-47(89-12)62(39(5)94-55)101-53-29-45(77)61(37(3)92-53)104-69-60(82)66(91-14)65(41(7)96-69)105-68-59(81)58(80)57(79)49(35-76)99-68/h15-22,25-26,37-42,44-51,53-66,68-69,76-77,79-82,84-87H,23-24,27-35H2,1-14H3/t37-,38-,39-,40-,41-,42+,44+,45-,46+,47-,48+,49-,50-,51-,53+,54+,55+,56+,57-,58+,59-,60-,61-,62-,63-,64-,65-,66+,68+,69+,70-,71-,72-,73-,74+,75-/m1/s1. The number of aliphatic hydroxyl groups excluding tert-OH is 6. The average Bonchev–Trinajstić information content (AvgIpc) is 1.59. The molecule has 0 bridgehead atoms. The van der Waals surface area contributed by atoms with E-state index < -0.39 is 236 Å². The minimum Gasteiger partial charge on any atom is -0.458 e. The third-order valence-corrected chi connectivity index (χ3v) is 25.1. The molecule has 0 aromatic heterocycles. The van der Waals surface area contributed by atoms with E-state index in [-0.39, 0.29) is 51.4 Å². The van der Waals surface area contributed by atoms with Gasteiger partial charge in [-0.2, -0.15) is 0 Å². The number of benzene rings is 1. The Balaban J connectivity index is 0.673. The fourth-order valence-electron chi connectivity index (χ4n) is 18.6. The van der Waals surface area contributed by atoms with Gasteiger partial charge in [-0.3, -0.25) is 0 Å². The van der Waals surface area contributed by atoms with Gasteiger partial charge >= 0.3 is 11.9 Å². The van der Waals surface area contributed by atoms with E-state index in [2.05, 4.69) is 0 Å². The zero-order valence-electron chi connectivity index (χ0n) is 62.5. The zero-order valence-corrected chi connectivity index (χ0v) is 62.5. The van der Waals surface area contributed by atoms with Crippen molar-refractivity contribution in [3.8, 4) is 0 Å². The zero-order chi connectivity index (χ0) is 76.2. The Morgan fingerprint density at radius 3 is 1.65 bits per heavy atom. The highest BCUT2D eigenvalue weighted by Gasteiger charge is 2.82. The van der Waals surface area contributed by atoms with Crippen LogP contribution in [0.1, 0.15) is 139 Å². The largest absolute Gasteiger partial charge is 0.458 e. The molecule has 3 saturated carbocycles. The van der Waals surface area contributed by atoms with Gasteiger partial charge in [0.25, 0.3) is 0 Å². The molecule has 0 unspecified atom stereocenters. The van der Waals surface area contributed by atoms with E-state index in [0.717, 1.165) is 5.56 Å². The van der Waals surface area contributed by atoms with Crippen molar-refractivity contribution < 1.29 is 146 Å². The summed E-state index contributed by atoms with van der Waals surface area (Å²) in [6.45, 7) is 16.4. The van der Waals surface area contributed by atoms with Crippen molar-refractivity contribution in [1.82, 2.24) is 0 Å². The maximum Gasteiger partial charge on any atom is 0.333 e. The molecular weight excluding hydrogens is 1380 g/mol. The smallest absolute Gasteiger partial charge is 0.333 e. The first-order valence-electron chi connectivity index (χ1n) is 37.0. The Kier molecular flexibility index (Phi) is 25.8. The van der Waals surface area contributed by atoms with Crippen molar-refractivity contribution in [2.24, 2.45) is 16.7 Å². The Morgan fingerprint density at radius 1 is 0.590 bits per heavy atom. The van der Waals surface area contributed by atoms with Crippen molar-refractivity contribution >= 4 is 18.0 Å². The lowest BCUT2D eigenvalue weighted by molar-refractivity contribution is -0.373. The van der Waals surface area contributed by atoms with Crippen molar-refractivity contribution in [1.29, 1.82) is 0 Å². The van der Waals surface area contributed by atoms with E-state index in [1.54, 1.807) is 74.2 Å². The number of aliphatic hydroxyl groups is 10. The third kappa shape index (κ3) is 15.5. The van der Waals surface area contributed by atoms with E-state index >= 15 is 0 Å². The summed E-state index contributed by atoms with van der Waals surface area (Å²) in [5.74, 6) is -2.36. The molecule has 105 heavy (non-hydrogen) atoms. The summed E-state index contributed by atoms with van der Waals surface area (Å²) in [6.07, 6.45) is -19.9. The summed E-state index contributed by atoms with van der Waals surface area (Å²) >= 11 is 0. The van der Waals surface area contributed by atoms with Crippen LogP contribution in [0.5, 0.6) is 0 Å². The molecular formula is C75H114O30. The Hall–Kier alpha value is -3.66. The SMILES string of the molecule is CC=C(C)C(=O)O[C@@H](C)[C@]1(O)CC[C@@]2(O)[C@]1(C)[C@H](OC(=O)C=Cc1ccccc1)C[C@H]1[C@@]2(O)C=C[C@@]2(O)C[C@@H](O[C@H]3C[C@H](OC)[C@H](O[C@H]4C[C@H](OC)[C@H](O[C@H]5C[C@@H](OC)[C@H](O[C@H]6C[C@@H](O)[C@H](O[C@@H]7O[C@H](C)[C@@H](O[C@@H]8O[C@H](CO)[C@@H](O)[C@H](O)[C@H]8O)[C@@H](OC)[C@H]7O)[C@@H](C)O6)[C@@H](C)O5)[C@@H](C)O4)[C@@H](C)O3)CC[C@]12C. The maximum absolute atomic E-state index is 14.0. The van der Waals surface area contributed by atoms with Gasteiger partial charge < -0.3 is 136 Å². The number of hydrogen-bond donors (Lipinski definition) is 10. The summed E-state index contributed by atoms with van der Waals surface area (Å²) in [5, 5.41) is 117. The van der Waals surface area contributed by atoms with Gasteiger partial charge in [-0.1, -0.05) is 62.4 Å². The van der Waals surface area contributed by atoms with Gasteiger partial charge in [0.15, 0.2) is 37.7 Å². The van der Waals surface area contributed by atoms with Crippen LogP contribution in [0.4, 0.5) is 0 Å². The van der Waals surface area contributed by atoms with Crippen LogP contribution in [0.2, 0.25) is 0 Å². The van der Waals surface area contributed by atoms with Gasteiger partial charge in [0.05, 0.1) is 78.7 Å². The first-order valence-corrected chi connectivity index (χ1v) is 37.0. The van der Waals surface area contributed by atoms with Crippen molar-refractivity contribution in [3.63, 3.8) is 0 Å². The molecule has 30 nitrogen and oxygen atoms in total. The molecule has 6 saturated heterocycles. The molecule has 1 aromatic carbocycles. The number of ether oxygens (including phenoxy) is 18. The first kappa shape index (κ1) is 82.3. The molecule has 36 atom stereocenters. The van der Waals surface area contributed by atoms with Crippen LogP contribution in [0.25, 0.3) is 6.08 Å². The van der Waals surface area contributed by atoms with E-state index in [1.807, 2.05) is 58.0 Å². The topological polar surface area (TPSA) is 403 Å². The minimum absolute atomic E-state index is 0.0488. The summed E-state index contributed by atoms with van der Waals surface area (Å²) in [7, 11) is 6.04. The van der Waals surface area contributed by atoms with E-state index in [1.165, 1.54) is 26.2 Å². The van der Waals surface area contributed by atoms with Crippen molar-refractivity contribution in [3.05, 3.63) is 65.8 Å². The average molecular weight is 1500 g/mol. The van der Waals surface area contributed by atoms with Gasteiger partial charge in [-0.15, -0.1) is 0 Å². The predicted octanol–water partition coefficient (Wildman–Crippen LogP) is 2.19. The second-order valence-electron chi connectivity index (χ2n) is 31.0. The molecule has 0 amide bonds. The number of carbonyl (C=O) groups excluding carboxylic acids is 2. The summed E-state index contributed by atoms with van der Waals surface area (Å²) in [4.78, 5) is 27.2. The summed E-state index contributed by atoms with van der Waals surface area (Å²) in [6, 6.07) is 9.15. The number of esters is 2. The predicted molar refractivity (Wildman–Crippen MR) is 365 cm³/mol. The van der Waals surface area contributed by atoms with Gasteiger partial charge in [0.2, 0.25) is 0 Å². The highest BCUT2D eigenvalue weighted by Crippen LogP contribution is 2.72. The lowest BCUT2D eigenvalue weighted by atomic mass is 9.41. The molecule has 1 aromatic rings. The molecule has 10 N–H and O–H groups in total. The van der Waals surface area contributed by atoms with Crippen LogP contribution in [-0.2, 0) is 94.9 Å². The molecule has 0 radical (unpaired) electrons. The highest BCUT2D eigenvalue weighted by molar-refractivity contribution is 5.88. The lowest BCUT2D eigenvalue weighted by Crippen LogP contribution is -2.80. The van der Waals surface area contributed by atoms with E-state index in [9.17, 15) is 60.7 Å². The Morgan fingerprint density at radius 2 is 1.11 bits per heavy atom.